The summed E-state index contributed by atoms with van der Waals surface area (Å²) < 4.78 is 32.4. The molecule has 0 unspecified atom stereocenters. The normalized spacial score (nSPS) is 16.7. The third-order valence-electron chi connectivity index (χ3n) is 3.88. The van der Waals surface area contributed by atoms with Crippen molar-refractivity contribution in [2.24, 2.45) is 5.92 Å². The van der Waals surface area contributed by atoms with Gasteiger partial charge in [-0.15, -0.1) is 0 Å². The van der Waals surface area contributed by atoms with Gasteiger partial charge in [-0.25, -0.2) is 8.42 Å². The van der Waals surface area contributed by atoms with Gasteiger partial charge in [0.1, 0.15) is 5.75 Å². The van der Waals surface area contributed by atoms with E-state index in [1.54, 1.807) is 29.2 Å². The summed E-state index contributed by atoms with van der Waals surface area (Å²) in [6.45, 7) is 9.06. The molecule has 1 aliphatic rings. The molecule has 134 valence electrons. The van der Waals surface area contributed by atoms with Crippen molar-refractivity contribution in [2.45, 2.75) is 38.7 Å². The average molecular weight is 354 g/mol. The van der Waals surface area contributed by atoms with Gasteiger partial charge >= 0.3 is 0 Å². The molecule has 1 heterocycles. The lowest BCUT2D eigenvalue weighted by Crippen LogP contribution is -2.51. The van der Waals surface area contributed by atoms with E-state index in [9.17, 15) is 13.2 Å². The third-order valence-corrected chi connectivity index (χ3v) is 5.79. The van der Waals surface area contributed by atoms with Crippen LogP contribution in [0.25, 0.3) is 0 Å². The first-order valence-corrected chi connectivity index (χ1v) is 9.71. The summed E-state index contributed by atoms with van der Waals surface area (Å²) in [5.74, 6) is 0.653. The first kappa shape index (κ1) is 18.7. The predicted molar refractivity (Wildman–Crippen MR) is 92.4 cm³/mol. The van der Waals surface area contributed by atoms with Crippen molar-refractivity contribution in [3.05, 3.63) is 24.3 Å². The molecule has 1 amide bonds. The molecule has 2 rings (SSSR count). The average Bonchev–Trinajstić information content (AvgIpc) is 2.54. The van der Waals surface area contributed by atoms with Crippen LogP contribution in [-0.2, 0) is 14.8 Å². The van der Waals surface area contributed by atoms with Crippen LogP contribution in [0.3, 0.4) is 0 Å². The molecule has 0 N–H and O–H groups in total. The lowest BCUT2D eigenvalue weighted by molar-refractivity contribution is -0.135. The van der Waals surface area contributed by atoms with Crippen LogP contribution < -0.4 is 4.74 Å². The summed E-state index contributed by atoms with van der Waals surface area (Å²) in [5, 5.41) is 0. The van der Waals surface area contributed by atoms with Gasteiger partial charge in [0.2, 0.25) is 15.9 Å². The minimum Gasteiger partial charge on any atom is -0.491 e. The van der Waals surface area contributed by atoms with Crippen LogP contribution in [0.4, 0.5) is 0 Å². The van der Waals surface area contributed by atoms with Gasteiger partial charge in [0.05, 0.1) is 11.0 Å². The van der Waals surface area contributed by atoms with Crippen molar-refractivity contribution in [3.63, 3.8) is 0 Å². The largest absolute Gasteiger partial charge is 0.491 e. The van der Waals surface area contributed by atoms with Crippen LogP contribution in [0.2, 0.25) is 0 Å². The van der Waals surface area contributed by atoms with Gasteiger partial charge in [0.25, 0.3) is 0 Å². The van der Waals surface area contributed by atoms with Crippen LogP contribution in [0.5, 0.6) is 5.75 Å². The third kappa shape index (κ3) is 4.27. The van der Waals surface area contributed by atoms with E-state index >= 15 is 0 Å². The van der Waals surface area contributed by atoms with Crippen LogP contribution >= 0.6 is 0 Å². The number of piperazine rings is 1. The Bertz CT molecular complexity index is 660. The van der Waals surface area contributed by atoms with Crippen molar-refractivity contribution < 1.29 is 17.9 Å². The number of ether oxygens (including phenoxy) is 1. The fourth-order valence-electron chi connectivity index (χ4n) is 2.63. The van der Waals surface area contributed by atoms with Crippen molar-refractivity contribution >= 4 is 15.9 Å². The summed E-state index contributed by atoms with van der Waals surface area (Å²) >= 11 is 0. The standard InChI is InChI=1S/C17H26N2O4S/c1-13(2)17(20)18-9-11-19(12-10-18)24(21,22)16-7-5-15(6-8-16)23-14(3)4/h5-8,13-14H,9-12H2,1-4H3. The van der Waals surface area contributed by atoms with E-state index in [0.29, 0.717) is 31.9 Å². The van der Waals surface area contributed by atoms with E-state index in [4.69, 9.17) is 4.74 Å². The first-order valence-electron chi connectivity index (χ1n) is 8.27. The maximum absolute atomic E-state index is 12.7. The highest BCUT2D eigenvalue weighted by molar-refractivity contribution is 7.89. The molecule has 0 aromatic heterocycles. The Morgan fingerprint density at radius 3 is 2.00 bits per heavy atom. The summed E-state index contributed by atoms with van der Waals surface area (Å²) in [6, 6.07) is 6.48. The smallest absolute Gasteiger partial charge is 0.243 e. The Balaban J connectivity index is 2.05. The molecule has 0 atom stereocenters. The topological polar surface area (TPSA) is 66.9 Å². The quantitative estimate of drug-likeness (QED) is 0.811. The van der Waals surface area contributed by atoms with E-state index in [1.165, 1.54) is 4.31 Å². The number of hydrogen-bond donors (Lipinski definition) is 0. The maximum Gasteiger partial charge on any atom is 0.243 e. The lowest BCUT2D eigenvalue weighted by atomic mass is 10.2. The van der Waals surface area contributed by atoms with E-state index < -0.39 is 10.0 Å². The number of carbonyl (C=O) groups excluding carboxylic acids is 1. The summed E-state index contributed by atoms with van der Waals surface area (Å²) in [6.07, 6.45) is 0.0408. The van der Waals surface area contributed by atoms with Gasteiger partial charge in [-0.2, -0.15) is 4.31 Å². The highest BCUT2D eigenvalue weighted by Crippen LogP contribution is 2.21. The number of nitrogens with zero attached hydrogens (tertiary/aromatic N) is 2. The second kappa shape index (κ2) is 7.53. The van der Waals surface area contributed by atoms with Crippen molar-refractivity contribution in [1.29, 1.82) is 0 Å². The van der Waals surface area contributed by atoms with Crippen LogP contribution in [0.15, 0.2) is 29.2 Å². The molecule has 6 nitrogen and oxygen atoms in total. The van der Waals surface area contributed by atoms with E-state index in [1.807, 2.05) is 27.7 Å². The number of rotatable bonds is 5. The zero-order valence-corrected chi connectivity index (χ0v) is 15.5. The Labute approximate surface area is 144 Å². The van der Waals surface area contributed by atoms with Crippen molar-refractivity contribution in [2.75, 3.05) is 26.2 Å². The fraction of sp³-hybridized carbons (Fsp3) is 0.588. The number of benzene rings is 1. The first-order chi connectivity index (χ1) is 11.2. The van der Waals surface area contributed by atoms with Crippen LogP contribution in [0.1, 0.15) is 27.7 Å². The molecule has 1 aromatic carbocycles. The maximum atomic E-state index is 12.7. The van der Waals surface area contributed by atoms with E-state index in [2.05, 4.69) is 0 Å². The second-order valence-corrected chi connectivity index (χ2v) is 8.46. The van der Waals surface area contributed by atoms with Gasteiger partial charge in [-0.1, -0.05) is 13.8 Å². The number of amides is 1. The van der Waals surface area contributed by atoms with E-state index in [0.717, 1.165) is 0 Å². The molecule has 7 heteroatoms. The molecule has 0 spiro atoms. The van der Waals surface area contributed by atoms with Gasteiger partial charge < -0.3 is 9.64 Å². The zero-order valence-electron chi connectivity index (χ0n) is 14.7. The molecule has 24 heavy (non-hydrogen) atoms. The SMILES string of the molecule is CC(C)Oc1ccc(S(=O)(=O)N2CCN(C(=O)C(C)C)CC2)cc1. The molecule has 1 fully saturated rings. The number of hydrogen-bond acceptors (Lipinski definition) is 4. The molecular weight excluding hydrogens is 328 g/mol. The number of carbonyl (C=O) groups is 1. The molecule has 1 saturated heterocycles. The molecule has 0 radical (unpaired) electrons. The van der Waals surface area contributed by atoms with Gasteiger partial charge in [0, 0.05) is 32.1 Å². The summed E-state index contributed by atoms with van der Waals surface area (Å²) in [4.78, 5) is 14.0. The molecule has 1 aliphatic heterocycles. The summed E-state index contributed by atoms with van der Waals surface area (Å²) in [7, 11) is -3.54. The van der Waals surface area contributed by atoms with Gasteiger partial charge in [0.15, 0.2) is 0 Å². The molecule has 1 aromatic rings. The van der Waals surface area contributed by atoms with E-state index in [-0.39, 0.29) is 22.8 Å². The monoisotopic (exact) mass is 354 g/mol. The Hall–Kier alpha value is -1.60. The minimum atomic E-state index is -3.54. The summed E-state index contributed by atoms with van der Waals surface area (Å²) in [5.41, 5.74) is 0. The highest BCUT2D eigenvalue weighted by Gasteiger charge is 2.30. The second-order valence-electron chi connectivity index (χ2n) is 6.52. The Morgan fingerprint density at radius 2 is 1.54 bits per heavy atom. The minimum absolute atomic E-state index is 0.0408. The zero-order chi connectivity index (χ0) is 17.9. The fourth-order valence-corrected chi connectivity index (χ4v) is 4.05. The number of sulfonamides is 1. The molecule has 0 aliphatic carbocycles. The van der Waals surface area contributed by atoms with Gasteiger partial charge in [-0.05, 0) is 38.1 Å². The van der Waals surface area contributed by atoms with Crippen molar-refractivity contribution in [1.82, 2.24) is 9.21 Å². The predicted octanol–water partition coefficient (Wildman–Crippen LogP) is 1.96. The lowest BCUT2D eigenvalue weighted by Gasteiger charge is -2.34. The highest BCUT2D eigenvalue weighted by atomic mass is 32.2. The van der Waals surface area contributed by atoms with Gasteiger partial charge in [-0.3, -0.25) is 4.79 Å². The molecule has 0 saturated carbocycles. The van der Waals surface area contributed by atoms with Crippen LogP contribution in [0, 0.1) is 5.92 Å². The molecular formula is C17H26N2O4S. The van der Waals surface area contributed by atoms with Crippen LogP contribution in [-0.4, -0.2) is 55.8 Å². The Morgan fingerprint density at radius 1 is 1.00 bits per heavy atom. The molecule has 0 bridgehead atoms. The van der Waals surface area contributed by atoms with Crippen molar-refractivity contribution in [3.8, 4) is 5.75 Å². The Kier molecular flexibility index (Phi) is 5.87.